The fourth-order valence-electron chi connectivity index (χ4n) is 5.06. The molecule has 3 aromatic rings. The molecule has 170 valence electrons. The van der Waals surface area contributed by atoms with Crippen LogP contribution in [0.5, 0.6) is 0 Å². The zero-order chi connectivity index (χ0) is 22.6. The van der Waals surface area contributed by atoms with Crippen LogP contribution in [0.3, 0.4) is 0 Å². The Kier molecular flexibility index (Phi) is 6.33. The van der Waals surface area contributed by atoms with Crippen molar-refractivity contribution >= 4 is 11.7 Å². The van der Waals surface area contributed by atoms with Crippen molar-refractivity contribution in [3.63, 3.8) is 0 Å². The Labute approximate surface area is 195 Å². The summed E-state index contributed by atoms with van der Waals surface area (Å²) in [6.45, 7) is 5.55. The predicted octanol–water partition coefficient (Wildman–Crippen LogP) is 4.20. The number of anilines is 1. The highest BCUT2D eigenvalue weighted by Crippen LogP contribution is 2.32. The molecule has 0 radical (unpaired) electrons. The highest BCUT2D eigenvalue weighted by Gasteiger charge is 2.30. The van der Waals surface area contributed by atoms with Gasteiger partial charge < -0.3 is 9.80 Å². The first-order valence-corrected chi connectivity index (χ1v) is 12.0. The van der Waals surface area contributed by atoms with Crippen LogP contribution in [0.1, 0.15) is 58.2 Å². The van der Waals surface area contributed by atoms with E-state index in [4.69, 9.17) is 9.97 Å². The van der Waals surface area contributed by atoms with E-state index in [1.54, 1.807) is 12.4 Å². The molecule has 1 fully saturated rings. The molecule has 0 aliphatic carbocycles. The van der Waals surface area contributed by atoms with Gasteiger partial charge in [0.05, 0.1) is 5.56 Å². The molecule has 1 saturated heterocycles. The molecule has 0 unspecified atom stereocenters. The van der Waals surface area contributed by atoms with Crippen LogP contribution < -0.4 is 4.90 Å². The van der Waals surface area contributed by atoms with Crippen LogP contribution in [0.25, 0.3) is 0 Å². The molecular weight excluding hydrogens is 410 g/mol. The number of aryl methyl sites for hydroxylation is 1. The molecule has 1 atom stereocenters. The topological polar surface area (TPSA) is 62.2 Å². The van der Waals surface area contributed by atoms with Gasteiger partial charge in [-0.1, -0.05) is 30.3 Å². The van der Waals surface area contributed by atoms with E-state index in [-0.39, 0.29) is 11.8 Å². The summed E-state index contributed by atoms with van der Waals surface area (Å²) in [5.74, 6) is 2.21. The maximum absolute atomic E-state index is 13.0. The molecule has 0 bridgehead atoms. The lowest BCUT2D eigenvalue weighted by atomic mass is 9.95. The molecule has 6 nitrogen and oxygen atoms in total. The molecule has 2 aromatic heterocycles. The molecule has 2 aliphatic rings. The predicted molar refractivity (Wildman–Crippen MR) is 130 cm³/mol. The third-order valence-electron chi connectivity index (χ3n) is 6.86. The largest absolute Gasteiger partial charge is 0.356 e. The molecule has 0 spiro atoms. The van der Waals surface area contributed by atoms with Gasteiger partial charge >= 0.3 is 0 Å². The third kappa shape index (κ3) is 4.75. The van der Waals surface area contributed by atoms with Gasteiger partial charge in [0, 0.05) is 55.7 Å². The van der Waals surface area contributed by atoms with Gasteiger partial charge in [0.25, 0.3) is 5.91 Å². The van der Waals surface area contributed by atoms with Gasteiger partial charge in [-0.15, -0.1) is 0 Å². The summed E-state index contributed by atoms with van der Waals surface area (Å²) in [4.78, 5) is 31.5. The van der Waals surface area contributed by atoms with Crippen LogP contribution in [0.15, 0.2) is 54.9 Å². The summed E-state index contributed by atoms with van der Waals surface area (Å²) in [6.07, 6.45) is 8.52. The standard InChI is InChI=1S/C27H31N5O/c1-20-24-12-7-15-31(17-13-21-8-3-2-4-9-21)26(24)30-25(29-20)23-11-6-16-32(19-23)27(33)22-10-5-14-28-18-22/h2-5,8-10,14,18,23H,6-7,11-13,15-17,19H2,1H3/t23-/m0/s1. The van der Waals surface area contributed by atoms with Crippen LogP contribution in [0.2, 0.25) is 0 Å². The van der Waals surface area contributed by atoms with Gasteiger partial charge in [0.2, 0.25) is 0 Å². The fraction of sp³-hybridized carbons (Fsp3) is 0.407. The number of benzene rings is 1. The average Bonchev–Trinajstić information content (AvgIpc) is 2.88. The SMILES string of the molecule is Cc1nc([C@H]2CCCN(C(=O)c3cccnc3)C2)nc2c1CCCN2CCc1ccccc1. The number of carbonyl (C=O) groups is 1. The monoisotopic (exact) mass is 441 g/mol. The number of rotatable bonds is 5. The van der Waals surface area contributed by atoms with Gasteiger partial charge in [0.15, 0.2) is 0 Å². The Bertz CT molecular complexity index is 1100. The van der Waals surface area contributed by atoms with Crippen LogP contribution in [-0.4, -0.2) is 51.9 Å². The second-order valence-electron chi connectivity index (χ2n) is 9.13. The van der Waals surface area contributed by atoms with E-state index in [0.717, 1.165) is 69.1 Å². The van der Waals surface area contributed by atoms with Gasteiger partial charge in [-0.05, 0) is 56.7 Å². The lowest BCUT2D eigenvalue weighted by Gasteiger charge is -2.34. The molecule has 2 aliphatic heterocycles. The Morgan fingerprint density at radius 3 is 2.76 bits per heavy atom. The van der Waals surface area contributed by atoms with Crippen molar-refractivity contribution < 1.29 is 4.79 Å². The zero-order valence-corrected chi connectivity index (χ0v) is 19.3. The number of hydrogen-bond donors (Lipinski definition) is 0. The van der Waals surface area contributed by atoms with Crippen molar-refractivity contribution in [1.29, 1.82) is 0 Å². The van der Waals surface area contributed by atoms with Gasteiger partial charge in [0.1, 0.15) is 11.6 Å². The van der Waals surface area contributed by atoms with E-state index in [1.807, 2.05) is 17.0 Å². The quantitative estimate of drug-likeness (QED) is 0.594. The van der Waals surface area contributed by atoms with E-state index in [1.165, 1.54) is 11.1 Å². The minimum absolute atomic E-state index is 0.0481. The van der Waals surface area contributed by atoms with Gasteiger partial charge in [-0.25, -0.2) is 9.97 Å². The molecule has 4 heterocycles. The average molecular weight is 442 g/mol. The van der Waals surface area contributed by atoms with Crippen molar-refractivity contribution in [2.24, 2.45) is 0 Å². The summed E-state index contributed by atoms with van der Waals surface area (Å²) in [5, 5.41) is 0. The number of piperidine rings is 1. The summed E-state index contributed by atoms with van der Waals surface area (Å²) in [7, 11) is 0. The molecule has 6 heteroatoms. The minimum Gasteiger partial charge on any atom is -0.356 e. The number of aromatic nitrogens is 3. The van der Waals surface area contributed by atoms with Gasteiger partial charge in [-0.2, -0.15) is 0 Å². The van der Waals surface area contributed by atoms with Crippen LogP contribution >= 0.6 is 0 Å². The number of carbonyl (C=O) groups excluding carboxylic acids is 1. The summed E-state index contributed by atoms with van der Waals surface area (Å²) >= 11 is 0. The van der Waals surface area contributed by atoms with E-state index >= 15 is 0 Å². The van der Waals surface area contributed by atoms with Crippen LogP contribution in [0, 0.1) is 6.92 Å². The maximum atomic E-state index is 13.0. The van der Waals surface area contributed by atoms with Crippen molar-refractivity contribution in [2.75, 3.05) is 31.1 Å². The molecular formula is C27H31N5O. The number of amides is 1. The molecule has 0 saturated carbocycles. The second-order valence-corrected chi connectivity index (χ2v) is 9.13. The smallest absolute Gasteiger partial charge is 0.255 e. The minimum atomic E-state index is 0.0481. The molecule has 0 N–H and O–H groups in total. The van der Waals surface area contributed by atoms with Crippen molar-refractivity contribution in [3.05, 3.63) is 83.1 Å². The normalized spacial score (nSPS) is 18.2. The molecule has 5 rings (SSSR count). The lowest BCUT2D eigenvalue weighted by molar-refractivity contribution is 0.0704. The summed E-state index contributed by atoms with van der Waals surface area (Å²) in [6, 6.07) is 14.3. The summed E-state index contributed by atoms with van der Waals surface area (Å²) in [5.41, 5.74) is 4.38. The van der Waals surface area contributed by atoms with Crippen molar-refractivity contribution in [2.45, 2.75) is 44.9 Å². The van der Waals surface area contributed by atoms with E-state index in [9.17, 15) is 4.79 Å². The third-order valence-corrected chi connectivity index (χ3v) is 6.86. The number of pyridine rings is 1. The number of hydrogen-bond acceptors (Lipinski definition) is 5. The van der Waals surface area contributed by atoms with Crippen molar-refractivity contribution in [3.8, 4) is 0 Å². The first-order chi connectivity index (χ1) is 16.2. The number of fused-ring (bicyclic) bond motifs is 1. The highest BCUT2D eigenvalue weighted by atomic mass is 16.2. The van der Waals surface area contributed by atoms with E-state index < -0.39 is 0 Å². The first-order valence-electron chi connectivity index (χ1n) is 12.0. The Morgan fingerprint density at radius 1 is 1.06 bits per heavy atom. The fourth-order valence-corrected chi connectivity index (χ4v) is 5.06. The highest BCUT2D eigenvalue weighted by molar-refractivity contribution is 5.94. The van der Waals surface area contributed by atoms with Crippen molar-refractivity contribution in [1.82, 2.24) is 19.9 Å². The van der Waals surface area contributed by atoms with E-state index in [0.29, 0.717) is 12.1 Å². The lowest BCUT2D eigenvalue weighted by Crippen LogP contribution is -2.40. The molecule has 33 heavy (non-hydrogen) atoms. The molecule has 1 amide bonds. The Morgan fingerprint density at radius 2 is 1.94 bits per heavy atom. The second kappa shape index (κ2) is 9.69. The zero-order valence-electron chi connectivity index (χ0n) is 19.3. The number of likely N-dealkylation sites (tertiary alicyclic amines) is 1. The number of nitrogens with zero attached hydrogens (tertiary/aromatic N) is 5. The maximum Gasteiger partial charge on any atom is 0.255 e. The summed E-state index contributed by atoms with van der Waals surface area (Å²) < 4.78 is 0. The van der Waals surface area contributed by atoms with Gasteiger partial charge in [-0.3, -0.25) is 9.78 Å². The molecule has 1 aromatic carbocycles. The van der Waals surface area contributed by atoms with Crippen LogP contribution in [0.4, 0.5) is 5.82 Å². The Balaban J connectivity index is 1.35. The first kappa shape index (κ1) is 21.6. The Hall–Kier alpha value is -3.28. The van der Waals surface area contributed by atoms with Crippen LogP contribution in [-0.2, 0) is 12.8 Å². The van der Waals surface area contributed by atoms with E-state index in [2.05, 4.69) is 47.1 Å².